The Labute approximate surface area is 188 Å². The lowest BCUT2D eigenvalue weighted by Gasteiger charge is -2.16. The number of aromatic nitrogens is 2. The van der Waals surface area contributed by atoms with Gasteiger partial charge in [-0.2, -0.15) is 10.5 Å². The molecule has 2 heterocycles. The standard InChI is InChI=1S/C25H24N6O/c1-16-6-7-20(12-21(16)19-10-18(13-26)23(29-14-19)31(4)5)30-24(32)17-8-9-28-22(11-17)25(2,3)15-27/h6-12,14H,1-5H3,(H,30,32). The summed E-state index contributed by atoms with van der Waals surface area (Å²) in [6.45, 7) is 5.48. The molecule has 3 aromatic rings. The van der Waals surface area contributed by atoms with E-state index in [2.05, 4.69) is 27.4 Å². The zero-order chi connectivity index (χ0) is 23.5. The molecule has 32 heavy (non-hydrogen) atoms. The Hall–Kier alpha value is -4.23. The summed E-state index contributed by atoms with van der Waals surface area (Å²) in [5.41, 5.74) is 3.92. The number of hydrogen-bond donors (Lipinski definition) is 1. The van der Waals surface area contributed by atoms with Crippen LogP contribution in [0.25, 0.3) is 11.1 Å². The third-order valence-electron chi connectivity index (χ3n) is 5.16. The number of aryl methyl sites for hydroxylation is 1. The van der Waals surface area contributed by atoms with Crippen LogP contribution in [-0.4, -0.2) is 30.0 Å². The molecule has 7 nitrogen and oxygen atoms in total. The zero-order valence-electron chi connectivity index (χ0n) is 18.8. The number of nitrogens with one attached hydrogen (secondary N) is 1. The molecule has 0 bridgehead atoms. The van der Waals surface area contributed by atoms with Crippen molar-refractivity contribution in [3.8, 4) is 23.3 Å². The van der Waals surface area contributed by atoms with Crippen LogP contribution in [-0.2, 0) is 5.41 Å². The minimum Gasteiger partial charge on any atom is -0.362 e. The number of amides is 1. The number of benzene rings is 1. The highest BCUT2D eigenvalue weighted by molar-refractivity contribution is 6.04. The predicted octanol–water partition coefficient (Wildman–Crippen LogP) is 4.44. The Balaban J connectivity index is 1.92. The lowest BCUT2D eigenvalue weighted by atomic mass is 9.90. The molecule has 1 N–H and O–H groups in total. The van der Waals surface area contributed by atoms with E-state index in [-0.39, 0.29) is 5.91 Å². The van der Waals surface area contributed by atoms with Crippen LogP contribution >= 0.6 is 0 Å². The third-order valence-corrected chi connectivity index (χ3v) is 5.16. The quantitative estimate of drug-likeness (QED) is 0.649. The first kappa shape index (κ1) is 22.5. The smallest absolute Gasteiger partial charge is 0.255 e. The van der Waals surface area contributed by atoms with Crippen molar-refractivity contribution in [2.24, 2.45) is 0 Å². The molecule has 0 aliphatic heterocycles. The normalized spacial score (nSPS) is 10.7. The van der Waals surface area contributed by atoms with Crippen LogP contribution in [0.15, 0.2) is 48.8 Å². The van der Waals surface area contributed by atoms with Crippen LogP contribution in [0.1, 0.15) is 41.0 Å². The van der Waals surface area contributed by atoms with E-state index < -0.39 is 5.41 Å². The van der Waals surface area contributed by atoms with Gasteiger partial charge in [0, 0.05) is 43.3 Å². The summed E-state index contributed by atoms with van der Waals surface area (Å²) in [4.78, 5) is 23.3. The molecule has 1 amide bonds. The average Bonchev–Trinajstić information content (AvgIpc) is 2.79. The van der Waals surface area contributed by atoms with Crippen molar-refractivity contribution in [3.63, 3.8) is 0 Å². The number of hydrogen-bond acceptors (Lipinski definition) is 6. The van der Waals surface area contributed by atoms with E-state index in [9.17, 15) is 15.3 Å². The molecule has 1 aromatic carbocycles. The minimum absolute atomic E-state index is 0.295. The number of carbonyl (C=O) groups is 1. The highest BCUT2D eigenvalue weighted by Crippen LogP contribution is 2.29. The monoisotopic (exact) mass is 424 g/mol. The molecule has 2 aromatic heterocycles. The maximum absolute atomic E-state index is 12.9. The number of rotatable bonds is 5. The second-order valence-electron chi connectivity index (χ2n) is 8.25. The zero-order valence-corrected chi connectivity index (χ0v) is 18.8. The Bertz CT molecular complexity index is 1260. The fourth-order valence-electron chi connectivity index (χ4n) is 3.23. The SMILES string of the molecule is Cc1ccc(NC(=O)c2ccnc(C(C)(C)C#N)c2)cc1-c1cnc(N(C)C)c(C#N)c1. The molecular formula is C25H24N6O. The largest absolute Gasteiger partial charge is 0.362 e. The van der Waals surface area contributed by atoms with Crippen LogP contribution in [0.5, 0.6) is 0 Å². The molecule has 0 saturated carbocycles. The summed E-state index contributed by atoms with van der Waals surface area (Å²) in [7, 11) is 3.68. The lowest BCUT2D eigenvalue weighted by molar-refractivity contribution is 0.102. The number of carbonyl (C=O) groups excluding carboxylic acids is 1. The summed E-state index contributed by atoms with van der Waals surface area (Å²) < 4.78 is 0. The highest BCUT2D eigenvalue weighted by Gasteiger charge is 2.22. The maximum atomic E-state index is 12.9. The summed E-state index contributed by atoms with van der Waals surface area (Å²) in [6.07, 6.45) is 3.26. The molecule has 0 aliphatic rings. The van der Waals surface area contributed by atoms with E-state index in [0.29, 0.717) is 28.3 Å². The van der Waals surface area contributed by atoms with Gasteiger partial charge in [-0.25, -0.2) is 4.98 Å². The van der Waals surface area contributed by atoms with Gasteiger partial charge in [-0.3, -0.25) is 9.78 Å². The third kappa shape index (κ3) is 4.58. The van der Waals surface area contributed by atoms with E-state index in [1.165, 1.54) is 6.20 Å². The van der Waals surface area contributed by atoms with Crippen LogP contribution in [0, 0.1) is 29.6 Å². The molecule has 0 aliphatic carbocycles. The van der Waals surface area contributed by atoms with Gasteiger partial charge in [0.05, 0.1) is 22.7 Å². The molecule has 0 spiro atoms. The average molecular weight is 425 g/mol. The fourth-order valence-corrected chi connectivity index (χ4v) is 3.23. The Morgan fingerprint density at radius 1 is 1.09 bits per heavy atom. The highest BCUT2D eigenvalue weighted by atomic mass is 16.1. The minimum atomic E-state index is -0.794. The van der Waals surface area contributed by atoms with E-state index >= 15 is 0 Å². The first-order valence-electron chi connectivity index (χ1n) is 10.0. The topological polar surface area (TPSA) is 106 Å². The Morgan fingerprint density at radius 2 is 1.84 bits per heavy atom. The summed E-state index contributed by atoms with van der Waals surface area (Å²) in [6, 6.07) is 15.0. The maximum Gasteiger partial charge on any atom is 0.255 e. The van der Waals surface area contributed by atoms with Crippen molar-refractivity contribution in [1.82, 2.24) is 9.97 Å². The van der Waals surface area contributed by atoms with Gasteiger partial charge in [0.25, 0.3) is 5.91 Å². The van der Waals surface area contributed by atoms with Crippen molar-refractivity contribution >= 4 is 17.4 Å². The molecule has 7 heteroatoms. The first-order valence-corrected chi connectivity index (χ1v) is 10.0. The van der Waals surface area contributed by atoms with Crippen molar-refractivity contribution in [1.29, 1.82) is 10.5 Å². The molecular weight excluding hydrogens is 400 g/mol. The van der Waals surface area contributed by atoms with Crippen LogP contribution in [0.3, 0.4) is 0 Å². The van der Waals surface area contributed by atoms with Gasteiger partial charge >= 0.3 is 0 Å². The molecule has 0 unspecified atom stereocenters. The number of anilines is 2. The fraction of sp³-hybridized carbons (Fsp3) is 0.240. The van der Waals surface area contributed by atoms with Crippen LogP contribution < -0.4 is 10.2 Å². The Kier molecular flexibility index (Phi) is 6.22. The number of pyridine rings is 2. The second-order valence-corrected chi connectivity index (χ2v) is 8.25. The first-order chi connectivity index (χ1) is 15.2. The van der Waals surface area contributed by atoms with E-state index in [0.717, 1.165) is 16.7 Å². The number of nitriles is 2. The van der Waals surface area contributed by atoms with Crippen molar-refractivity contribution in [3.05, 3.63) is 71.2 Å². The van der Waals surface area contributed by atoms with Crippen molar-refractivity contribution in [2.75, 3.05) is 24.3 Å². The molecule has 0 radical (unpaired) electrons. The van der Waals surface area contributed by atoms with Gasteiger partial charge in [0.2, 0.25) is 0 Å². The van der Waals surface area contributed by atoms with Gasteiger partial charge in [-0.1, -0.05) is 6.07 Å². The Morgan fingerprint density at radius 3 is 2.50 bits per heavy atom. The van der Waals surface area contributed by atoms with Gasteiger partial charge in [0.1, 0.15) is 11.9 Å². The number of nitrogens with zero attached hydrogens (tertiary/aromatic N) is 5. The summed E-state index contributed by atoms with van der Waals surface area (Å²) in [5, 5.41) is 21.8. The van der Waals surface area contributed by atoms with E-state index in [1.807, 2.05) is 39.2 Å². The van der Waals surface area contributed by atoms with Gasteiger partial charge in [-0.05, 0) is 62.2 Å². The van der Waals surface area contributed by atoms with Crippen LogP contribution in [0.4, 0.5) is 11.5 Å². The van der Waals surface area contributed by atoms with Gasteiger partial charge in [-0.15, -0.1) is 0 Å². The van der Waals surface area contributed by atoms with Crippen molar-refractivity contribution < 1.29 is 4.79 Å². The molecule has 0 saturated heterocycles. The molecule has 160 valence electrons. The van der Waals surface area contributed by atoms with E-state index in [4.69, 9.17) is 0 Å². The molecule has 0 atom stereocenters. The summed E-state index contributed by atoms with van der Waals surface area (Å²) >= 11 is 0. The lowest BCUT2D eigenvalue weighted by Crippen LogP contribution is -2.18. The predicted molar refractivity (Wildman–Crippen MR) is 124 cm³/mol. The summed E-state index contributed by atoms with van der Waals surface area (Å²) in [5.74, 6) is 0.308. The van der Waals surface area contributed by atoms with E-state index in [1.54, 1.807) is 43.1 Å². The molecule has 3 rings (SSSR count). The molecule has 0 fully saturated rings. The van der Waals surface area contributed by atoms with Crippen LogP contribution in [0.2, 0.25) is 0 Å². The van der Waals surface area contributed by atoms with Gasteiger partial charge in [0.15, 0.2) is 0 Å². The van der Waals surface area contributed by atoms with Gasteiger partial charge < -0.3 is 10.2 Å². The van der Waals surface area contributed by atoms with Crippen molar-refractivity contribution in [2.45, 2.75) is 26.2 Å². The second kappa shape index (κ2) is 8.87.